The summed E-state index contributed by atoms with van der Waals surface area (Å²) in [5.74, 6) is 3.70. The molecule has 2 aliphatic rings. The normalized spacial score (nSPS) is 21.1. The van der Waals surface area contributed by atoms with Gasteiger partial charge in [0.2, 0.25) is 6.79 Å². The Morgan fingerprint density at radius 3 is 2.35 bits per heavy atom. The van der Waals surface area contributed by atoms with Gasteiger partial charge < -0.3 is 29.0 Å². The Morgan fingerprint density at radius 1 is 0.839 bits per heavy atom. The zero-order chi connectivity index (χ0) is 21.4. The number of anilines is 1. The first-order valence-electron chi connectivity index (χ1n) is 10.3. The second-order valence-corrected chi connectivity index (χ2v) is 7.71. The molecule has 3 atom stereocenters. The SMILES string of the molecule is COc1cccc([C@H]2c3cc4c(cc3O[C@H](Nc3ccccc3)[C@@H]2C)OCO4)c1OC. The number of nitrogens with one attached hydrogen (secondary N) is 1. The number of benzene rings is 3. The lowest BCUT2D eigenvalue weighted by Gasteiger charge is -2.39. The number of rotatable bonds is 5. The highest BCUT2D eigenvalue weighted by Crippen LogP contribution is 2.51. The third kappa shape index (κ3) is 3.38. The van der Waals surface area contributed by atoms with Gasteiger partial charge in [-0.2, -0.15) is 0 Å². The van der Waals surface area contributed by atoms with Crippen LogP contribution in [0.4, 0.5) is 5.69 Å². The predicted molar refractivity (Wildman–Crippen MR) is 118 cm³/mol. The van der Waals surface area contributed by atoms with Gasteiger partial charge in [0.05, 0.1) is 14.2 Å². The fraction of sp³-hybridized carbons (Fsp3) is 0.280. The van der Waals surface area contributed by atoms with E-state index in [-0.39, 0.29) is 24.9 Å². The molecule has 6 nitrogen and oxygen atoms in total. The van der Waals surface area contributed by atoms with E-state index in [2.05, 4.69) is 18.3 Å². The van der Waals surface area contributed by atoms with E-state index >= 15 is 0 Å². The van der Waals surface area contributed by atoms with Gasteiger partial charge in [-0.1, -0.05) is 37.3 Å². The van der Waals surface area contributed by atoms with Crippen LogP contribution < -0.4 is 29.0 Å². The van der Waals surface area contributed by atoms with Crippen molar-refractivity contribution in [3.8, 4) is 28.7 Å². The second-order valence-electron chi connectivity index (χ2n) is 7.71. The molecule has 160 valence electrons. The lowest BCUT2D eigenvalue weighted by Crippen LogP contribution is -2.40. The first kappa shape index (κ1) is 19.4. The summed E-state index contributed by atoms with van der Waals surface area (Å²) in [6.45, 7) is 2.39. The van der Waals surface area contributed by atoms with Crippen LogP contribution in [0.5, 0.6) is 28.7 Å². The average Bonchev–Trinajstić information content (AvgIpc) is 3.26. The van der Waals surface area contributed by atoms with Gasteiger partial charge in [0.15, 0.2) is 29.2 Å². The van der Waals surface area contributed by atoms with Crippen LogP contribution in [0.25, 0.3) is 0 Å². The van der Waals surface area contributed by atoms with Crippen LogP contribution in [-0.2, 0) is 0 Å². The Bertz CT molecular complexity index is 1080. The summed E-state index contributed by atoms with van der Waals surface area (Å²) in [5, 5.41) is 3.54. The van der Waals surface area contributed by atoms with E-state index in [0.717, 1.165) is 34.1 Å². The molecule has 0 fully saturated rings. The van der Waals surface area contributed by atoms with Crippen molar-refractivity contribution in [2.24, 2.45) is 5.92 Å². The van der Waals surface area contributed by atoms with Crippen LogP contribution in [0.3, 0.4) is 0 Å². The molecule has 0 spiro atoms. The van der Waals surface area contributed by atoms with Crippen LogP contribution in [-0.4, -0.2) is 27.2 Å². The van der Waals surface area contributed by atoms with Crippen molar-refractivity contribution in [1.82, 2.24) is 0 Å². The summed E-state index contributed by atoms with van der Waals surface area (Å²) in [7, 11) is 3.33. The van der Waals surface area contributed by atoms with E-state index < -0.39 is 0 Å². The summed E-state index contributed by atoms with van der Waals surface area (Å²) < 4.78 is 29.1. The summed E-state index contributed by atoms with van der Waals surface area (Å²) in [5.41, 5.74) is 3.08. The molecule has 0 saturated heterocycles. The summed E-state index contributed by atoms with van der Waals surface area (Å²) in [6, 6.07) is 20.0. The molecule has 0 radical (unpaired) electrons. The minimum atomic E-state index is -0.254. The first-order valence-corrected chi connectivity index (χ1v) is 10.3. The Morgan fingerprint density at radius 2 is 1.61 bits per heavy atom. The molecule has 0 aromatic heterocycles. The average molecular weight is 419 g/mol. The van der Waals surface area contributed by atoms with E-state index in [9.17, 15) is 0 Å². The minimum absolute atomic E-state index is 0.00971. The molecule has 1 N–H and O–H groups in total. The Kier molecular flexibility index (Phi) is 4.98. The Balaban J connectivity index is 1.63. The molecule has 0 unspecified atom stereocenters. The molecule has 3 aromatic carbocycles. The first-order chi connectivity index (χ1) is 15.2. The van der Waals surface area contributed by atoms with E-state index in [4.69, 9.17) is 23.7 Å². The molecule has 0 aliphatic carbocycles. The van der Waals surface area contributed by atoms with E-state index in [0.29, 0.717) is 11.5 Å². The maximum Gasteiger partial charge on any atom is 0.231 e. The van der Waals surface area contributed by atoms with Gasteiger partial charge in [0.25, 0.3) is 0 Å². The van der Waals surface area contributed by atoms with Gasteiger partial charge in [-0.15, -0.1) is 0 Å². The van der Waals surface area contributed by atoms with Crippen LogP contribution in [0.2, 0.25) is 0 Å². The number of hydrogen-bond acceptors (Lipinski definition) is 6. The van der Waals surface area contributed by atoms with Crippen molar-refractivity contribution < 1.29 is 23.7 Å². The number of fused-ring (bicyclic) bond motifs is 2. The predicted octanol–water partition coefficient (Wildman–Crippen LogP) is 5.03. The number of ether oxygens (including phenoxy) is 5. The van der Waals surface area contributed by atoms with Crippen LogP contribution in [0.1, 0.15) is 24.0 Å². The molecule has 5 rings (SSSR count). The Labute approximate surface area is 181 Å². The highest BCUT2D eigenvalue weighted by Gasteiger charge is 2.40. The fourth-order valence-corrected chi connectivity index (χ4v) is 4.45. The molecule has 0 bridgehead atoms. The zero-order valence-corrected chi connectivity index (χ0v) is 17.8. The smallest absolute Gasteiger partial charge is 0.231 e. The molecule has 31 heavy (non-hydrogen) atoms. The van der Waals surface area contributed by atoms with Gasteiger partial charge in [-0.25, -0.2) is 0 Å². The third-order valence-electron chi connectivity index (χ3n) is 5.95. The molecule has 2 aliphatic heterocycles. The molecular formula is C25H25NO5. The summed E-state index contributed by atoms with van der Waals surface area (Å²) >= 11 is 0. The van der Waals surface area contributed by atoms with Crippen LogP contribution in [0, 0.1) is 5.92 Å². The summed E-state index contributed by atoms with van der Waals surface area (Å²) in [6.07, 6.45) is -0.254. The van der Waals surface area contributed by atoms with E-state index in [1.54, 1.807) is 14.2 Å². The highest BCUT2D eigenvalue weighted by atomic mass is 16.7. The highest BCUT2D eigenvalue weighted by molar-refractivity contribution is 5.60. The molecule has 2 heterocycles. The standard InChI is InChI=1S/C25H25NO5/c1-15-23(17-10-7-11-19(27-2)24(17)28-3)18-12-21-22(30-14-29-21)13-20(18)31-25(15)26-16-8-5-4-6-9-16/h4-13,15,23,25-26H,14H2,1-3H3/t15-,23+,25+/m1/s1. The van der Waals surface area contributed by atoms with Gasteiger partial charge in [-0.05, 0) is 24.3 Å². The quantitative estimate of drug-likeness (QED) is 0.626. The second kappa shape index (κ2) is 7.95. The van der Waals surface area contributed by atoms with Gasteiger partial charge >= 0.3 is 0 Å². The monoisotopic (exact) mass is 419 g/mol. The van der Waals surface area contributed by atoms with Crippen molar-refractivity contribution in [2.45, 2.75) is 19.1 Å². The summed E-state index contributed by atoms with van der Waals surface area (Å²) in [4.78, 5) is 0. The molecular weight excluding hydrogens is 394 g/mol. The van der Waals surface area contributed by atoms with Gasteiger partial charge in [0, 0.05) is 34.7 Å². The zero-order valence-electron chi connectivity index (χ0n) is 17.8. The van der Waals surface area contributed by atoms with Crippen molar-refractivity contribution in [3.05, 3.63) is 71.8 Å². The van der Waals surface area contributed by atoms with E-state index in [1.165, 1.54) is 0 Å². The molecule has 0 saturated carbocycles. The molecule has 3 aromatic rings. The molecule has 6 heteroatoms. The minimum Gasteiger partial charge on any atom is -0.493 e. The van der Waals surface area contributed by atoms with E-state index in [1.807, 2.05) is 54.6 Å². The number of para-hydroxylation sites is 2. The van der Waals surface area contributed by atoms with Crippen LogP contribution >= 0.6 is 0 Å². The number of methoxy groups -OCH3 is 2. The van der Waals surface area contributed by atoms with Crippen molar-refractivity contribution >= 4 is 5.69 Å². The van der Waals surface area contributed by atoms with Crippen molar-refractivity contribution in [1.29, 1.82) is 0 Å². The maximum atomic E-state index is 6.44. The Hall–Kier alpha value is -3.54. The van der Waals surface area contributed by atoms with Gasteiger partial charge in [0.1, 0.15) is 5.75 Å². The number of hydrogen-bond donors (Lipinski definition) is 1. The van der Waals surface area contributed by atoms with Crippen LogP contribution in [0.15, 0.2) is 60.7 Å². The third-order valence-corrected chi connectivity index (χ3v) is 5.95. The lowest BCUT2D eigenvalue weighted by atomic mass is 9.78. The van der Waals surface area contributed by atoms with Gasteiger partial charge in [-0.3, -0.25) is 0 Å². The fourth-order valence-electron chi connectivity index (χ4n) is 4.45. The maximum absolute atomic E-state index is 6.44. The molecule has 0 amide bonds. The largest absolute Gasteiger partial charge is 0.493 e. The van der Waals surface area contributed by atoms with Crippen molar-refractivity contribution in [3.63, 3.8) is 0 Å². The lowest BCUT2D eigenvalue weighted by molar-refractivity contribution is 0.133. The topological polar surface area (TPSA) is 58.2 Å². The van der Waals surface area contributed by atoms with Crippen molar-refractivity contribution in [2.75, 3.05) is 26.3 Å².